The second-order valence-corrected chi connectivity index (χ2v) is 1.88. The van der Waals surface area contributed by atoms with Crippen molar-refractivity contribution < 1.29 is 27.5 Å². The highest BCUT2D eigenvalue weighted by atomic mass is 19.4. The second kappa shape index (κ2) is 4.48. The summed E-state index contributed by atoms with van der Waals surface area (Å²) in [4.78, 5) is 20.7. The molecule has 0 spiro atoms. The van der Waals surface area contributed by atoms with E-state index in [1.54, 1.807) is 0 Å². The molecule has 0 bridgehead atoms. The summed E-state index contributed by atoms with van der Waals surface area (Å²) in [7, 11) is 0. The average molecular weight is 197 g/mol. The summed E-state index contributed by atoms with van der Waals surface area (Å²) >= 11 is 0. The van der Waals surface area contributed by atoms with Crippen molar-refractivity contribution >= 4 is 12.0 Å². The number of carbonyl (C=O) groups excluding carboxylic acids is 2. The van der Waals surface area contributed by atoms with E-state index in [-0.39, 0.29) is 0 Å². The van der Waals surface area contributed by atoms with Crippen LogP contribution >= 0.6 is 0 Å². The highest BCUT2D eigenvalue weighted by Crippen LogP contribution is 2.14. The molecule has 7 heteroatoms. The Kier molecular flexibility index (Phi) is 3.96. The van der Waals surface area contributed by atoms with Gasteiger partial charge in [-0.3, -0.25) is 10.1 Å². The van der Waals surface area contributed by atoms with E-state index in [9.17, 15) is 22.8 Å². The van der Waals surface area contributed by atoms with Gasteiger partial charge in [0.2, 0.25) is 0 Å². The van der Waals surface area contributed by atoms with Gasteiger partial charge in [0, 0.05) is 0 Å². The van der Waals surface area contributed by atoms with Crippen molar-refractivity contribution in [1.29, 1.82) is 0 Å². The molecular formula is C6H6F3NO3. The number of hydrogen-bond acceptors (Lipinski definition) is 3. The molecule has 0 aliphatic rings. The van der Waals surface area contributed by atoms with Crippen LogP contribution in [0.15, 0.2) is 12.7 Å². The summed E-state index contributed by atoms with van der Waals surface area (Å²) in [6.45, 7) is 1.25. The van der Waals surface area contributed by atoms with Gasteiger partial charge in [0.05, 0.1) is 0 Å². The molecule has 4 nitrogen and oxygen atoms in total. The van der Waals surface area contributed by atoms with Gasteiger partial charge in [-0.05, 0) is 6.08 Å². The number of imide groups is 1. The van der Waals surface area contributed by atoms with Gasteiger partial charge >= 0.3 is 12.3 Å². The molecule has 0 aliphatic carbocycles. The van der Waals surface area contributed by atoms with Crippen LogP contribution in [0.5, 0.6) is 0 Å². The van der Waals surface area contributed by atoms with Crippen molar-refractivity contribution in [2.45, 2.75) is 6.18 Å². The number of alkyl carbamates (subject to hydrolysis) is 1. The SMILES string of the molecule is C=CC(=O)NC(=O)OCC(F)(F)F. The Bertz CT molecular complexity index is 224. The van der Waals surface area contributed by atoms with E-state index in [4.69, 9.17) is 0 Å². The first-order chi connectivity index (χ1) is 5.85. The normalized spacial score (nSPS) is 10.4. The Hall–Kier alpha value is -1.53. The molecule has 2 amide bonds. The average Bonchev–Trinajstić information content (AvgIpc) is 1.99. The Balaban J connectivity index is 3.77. The fraction of sp³-hybridized carbons (Fsp3) is 0.333. The van der Waals surface area contributed by atoms with Crippen molar-refractivity contribution in [3.05, 3.63) is 12.7 Å². The third-order valence-electron chi connectivity index (χ3n) is 0.778. The van der Waals surface area contributed by atoms with E-state index in [1.165, 1.54) is 5.32 Å². The first-order valence-corrected chi connectivity index (χ1v) is 3.02. The zero-order valence-corrected chi connectivity index (χ0v) is 6.35. The van der Waals surface area contributed by atoms with Crippen LogP contribution < -0.4 is 5.32 Å². The summed E-state index contributed by atoms with van der Waals surface area (Å²) in [6.07, 6.45) is -5.33. The summed E-state index contributed by atoms with van der Waals surface area (Å²) < 4.78 is 37.9. The van der Waals surface area contributed by atoms with Crippen molar-refractivity contribution in [3.63, 3.8) is 0 Å². The largest absolute Gasteiger partial charge is 0.440 e. The third kappa shape index (κ3) is 6.85. The van der Waals surface area contributed by atoms with E-state index >= 15 is 0 Å². The molecule has 0 radical (unpaired) electrons. The Morgan fingerprint density at radius 1 is 1.46 bits per heavy atom. The molecule has 0 atom stereocenters. The molecular weight excluding hydrogens is 191 g/mol. The molecule has 0 aromatic carbocycles. The molecule has 0 aromatic rings. The van der Waals surface area contributed by atoms with Crippen LogP contribution in [0.3, 0.4) is 0 Å². The highest BCUT2D eigenvalue weighted by molar-refractivity contribution is 5.98. The maximum absolute atomic E-state index is 11.4. The predicted octanol–water partition coefficient (Wildman–Crippen LogP) is 0.988. The quantitative estimate of drug-likeness (QED) is 0.671. The first kappa shape index (κ1) is 11.5. The van der Waals surface area contributed by atoms with Crippen molar-refractivity contribution in [2.24, 2.45) is 0 Å². The number of hydrogen-bond donors (Lipinski definition) is 1. The number of rotatable bonds is 2. The topological polar surface area (TPSA) is 55.4 Å². The summed E-state index contributed by atoms with van der Waals surface area (Å²) in [5.74, 6) is -0.924. The molecule has 1 N–H and O–H groups in total. The van der Waals surface area contributed by atoms with Crippen LogP contribution in [0, 0.1) is 0 Å². The van der Waals surface area contributed by atoms with Crippen LogP contribution in [-0.2, 0) is 9.53 Å². The number of halogens is 3. The fourth-order valence-corrected chi connectivity index (χ4v) is 0.335. The Morgan fingerprint density at radius 3 is 2.38 bits per heavy atom. The molecule has 0 aliphatic heterocycles. The summed E-state index contributed by atoms with van der Waals surface area (Å²) in [5, 5.41) is 1.48. The number of ether oxygens (including phenoxy) is 1. The van der Waals surface area contributed by atoms with Crippen LogP contribution in [0.4, 0.5) is 18.0 Å². The lowest BCUT2D eigenvalue weighted by molar-refractivity contribution is -0.160. The van der Waals surface area contributed by atoms with E-state index in [0.717, 1.165) is 6.08 Å². The minimum absolute atomic E-state index is 0.731. The molecule has 13 heavy (non-hydrogen) atoms. The van der Waals surface area contributed by atoms with E-state index in [2.05, 4.69) is 11.3 Å². The number of alkyl halides is 3. The van der Waals surface area contributed by atoms with Crippen LogP contribution in [0.1, 0.15) is 0 Å². The van der Waals surface area contributed by atoms with Crippen LogP contribution in [0.2, 0.25) is 0 Å². The van der Waals surface area contributed by atoms with Gasteiger partial charge in [0.25, 0.3) is 5.91 Å². The monoisotopic (exact) mass is 197 g/mol. The van der Waals surface area contributed by atoms with Gasteiger partial charge in [-0.25, -0.2) is 4.79 Å². The van der Waals surface area contributed by atoms with Gasteiger partial charge in [-0.2, -0.15) is 13.2 Å². The first-order valence-electron chi connectivity index (χ1n) is 3.02. The van der Waals surface area contributed by atoms with Gasteiger partial charge in [-0.1, -0.05) is 6.58 Å². The molecule has 74 valence electrons. The van der Waals surface area contributed by atoms with Gasteiger partial charge < -0.3 is 4.74 Å². The lowest BCUT2D eigenvalue weighted by Crippen LogP contribution is -2.32. The van der Waals surface area contributed by atoms with Gasteiger partial charge in [0.15, 0.2) is 6.61 Å². The maximum atomic E-state index is 11.4. The summed E-state index contributed by atoms with van der Waals surface area (Å²) in [6, 6.07) is 0. The van der Waals surface area contributed by atoms with E-state index < -0.39 is 24.8 Å². The fourth-order valence-electron chi connectivity index (χ4n) is 0.335. The molecule has 0 saturated heterocycles. The minimum Gasteiger partial charge on any atom is -0.440 e. The van der Waals surface area contributed by atoms with E-state index in [0.29, 0.717) is 0 Å². The lowest BCUT2D eigenvalue weighted by Gasteiger charge is -2.06. The number of amides is 2. The third-order valence-corrected chi connectivity index (χ3v) is 0.778. The molecule has 0 saturated carbocycles. The Labute approximate surface area is 71.4 Å². The lowest BCUT2D eigenvalue weighted by atomic mass is 10.6. The molecule has 0 fully saturated rings. The van der Waals surface area contributed by atoms with Gasteiger partial charge in [0.1, 0.15) is 0 Å². The zero-order chi connectivity index (χ0) is 10.5. The molecule has 0 heterocycles. The summed E-state index contributed by atoms with van der Waals surface area (Å²) in [5.41, 5.74) is 0. The van der Waals surface area contributed by atoms with Gasteiger partial charge in [-0.15, -0.1) is 0 Å². The highest BCUT2D eigenvalue weighted by Gasteiger charge is 2.29. The van der Waals surface area contributed by atoms with Crippen molar-refractivity contribution in [3.8, 4) is 0 Å². The number of carbonyl (C=O) groups is 2. The minimum atomic E-state index is -4.60. The maximum Gasteiger partial charge on any atom is 0.422 e. The van der Waals surface area contributed by atoms with Crippen LogP contribution in [-0.4, -0.2) is 24.8 Å². The molecule has 0 aromatic heterocycles. The molecule has 0 rings (SSSR count). The molecule has 0 unspecified atom stereocenters. The predicted molar refractivity (Wildman–Crippen MR) is 35.7 cm³/mol. The zero-order valence-electron chi connectivity index (χ0n) is 6.35. The van der Waals surface area contributed by atoms with E-state index in [1.807, 2.05) is 0 Å². The Morgan fingerprint density at radius 2 is 2.00 bits per heavy atom. The standard InChI is InChI=1S/C6H6F3NO3/c1-2-4(11)10-5(12)13-3-6(7,8)9/h2H,1,3H2,(H,10,11,12). The smallest absolute Gasteiger partial charge is 0.422 e. The van der Waals surface area contributed by atoms with Crippen LogP contribution in [0.25, 0.3) is 0 Å². The van der Waals surface area contributed by atoms with Crippen molar-refractivity contribution in [2.75, 3.05) is 6.61 Å². The van der Waals surface area contributed by atoms with Crippen molar-refractivity contribution in [1.82, 2.24) is 5.32 Å². The second-order valence-electron chi connectivity index (χ2n) is 1.88. The number of nitrogens with one attached hydrogen (secondary N) is 1.